The molecule has 0 N–H and O–H groups in total. The summed E-state index contributed by atoms with van der Waals surface area (Å²) in [6.07, 6.45) is 5.34. The molecule has 2 unspecified atom stereocenters. The minimum Gasteiger partial charge on any atom is -0.373 e. The number of aryl methyl sites for hydroxylation is 1. The van der Waals surface area contributed by atoms with Crippen molar-refractivity contribution in [3.63, 3.8) is 0 Å². The Hall–Kier alpha value is -1.64. The maximum Gasteiger partial charge on any atom is 0.0723 e. The quantitative estimate of drug-likeness (QED) is 0.709. The van der Waals surface area contributed by atoms with Crippen molar-refractivity contribution < 1.29 is 4.74 Å². The second-order valence-corrected chi connectivity index (χ2v) is 7.60. The summed E-state index contributed by atoms with van der Waals surface area (Å²) in [7, 11) is 4.29. The lowest BCUT2D eigenvalue weighted by Gasteiger charge is -2.33. The van der Waals surface area contributed by atoms with Gasteiger partial charge < -0.3 is 9.64 Å². The van der Waals surface area contributed by atoms with E-state index in [1.165, 1.54) is 47.9 Å². The lowest BCUT2D eigenvalue weighted by Crippen LogP contribution is -2.27. The third-order valence-corrected chi connectivity index (χ3v) is 5.36. The van der Waals surface area contributed by atoms with E-state index in [9.17, 15) is 0 Å². The van der Waals surface area contributed by atoms with Crippen LogP contribution in [0.15, 0.2) is 48.5 Å². The van der Waals surface area contributed by atoms with Gasteiger partial charge in [-0.25, -0.2) is 0 Å². The molecular formula is C23H31NO. The van der Waals surface area contributed by atoms with E-state index in [2.05, 4.69) is 74.4 Å². The molecule has 1 aliphatic carbocycles. The highest BCUT2D eigenvalue weighted by atomic mass is 16.5. The van der Waals surface area contributed by atoms with Gasteiger partial charge in [0.2, 0.25) is 0 Å². The Labute approximate surface area is 152 Å². The molecule has 0 aliphatic heterocycles. The summed E-state index contributed by atoms with van der Waals surface area (Å²) in [4.78, 5) is 2.25. The third-order valence-electron chi connectivity index (χ3n) is 5.36. The molecular weight excluding hydrogens is 306 g/mol. The zero-order valence-electron chi connectivity index (χ0n) is 15.9. The molecule has 0 amide bonds. The van der Waals surface area contributed by atoms with E-state index in [-0.39, 0.29) is 0 Å². The van der Waals surface area contributed by atoms with E-state index >= 15 is 0 Å². The van der Waals surface area contributed by atoms with Crippen molar-refractivity contribution in [2.24, 2.45) is 0 Å². The zero-order chi connectivity index (χ0) is 17.6. The molecule has 2 atom stereocenters. The molecule has 2 aromatic carbocycles. The first kappa shape index (κ1) is 18.2. The van der Waals surface area contributed by atoms with Crippen LogP contribution in [0.25, 0.3) is 0 Å². The molecule has 3 rings (SSSR count). The van der Waals surface area contributed by atoms with Crippen LogP contribution in [0.5, 0.6) is 0 Å². The third kappa shape index (κ3) is 4.71. The Kier molecular flexibility index (Phi) is 6.28. The molecule has 0 aromatic heterocycles. The lowest BCUT2D eigenvalue weighted by molar-refractivity contribution is 0.00150. The molecule has 0 bridgehead atoms. The summed E-state index contributed by atoms with van der Waals surface area (Å²) in [5.41, 5.74) is 5.57. The number of hydrogen-bond acceptors (Lipinski definition) is 2. The Morgan fingerprint density at radius 2 is 1.60 bits per heavy atom. The smallest absolute Gasteiger partial charge is 0.0723 e. The molecule has 134 valence electrons. The Morgan fingerprint density at radius 1 is 0.920 bits per heavy atom. The summed E-state index contributed by atoms with van der Waals surface area (Å²) in [5.74, 6) is 0.522. The average Bonchev–Trinajstić information content (AvgIpc) is 2.61. The first-order chi connectivity index (χ1) is 12.1. The summed E-state index contributed by atoms with van der Waals surface area (Å²) < 4.78 is 6.46. The molecule has 0 spiro atoms. The molecule has 1 fully saturated rings. The predicted octanol–water partition coefficient (Wildman–Crippen LogP) is 5.30. The second-order valence-electron chi connectivity index (χ2n) is 7.60. The van der Waals surface area contributed by atoms with Crippen LogP contribution in [0.1, 0.15) is 53.9 Å². The topological polar surface area (TPSA) is 12.5 Å². The van der Waals surface area contributed by atoms with Crippen LogP contribution in [0, 0.1) is 6.92 Å². The highest BCUT2D eigenvalue weighted by molar-refractivity contribution is 5.32. The van der Waals surface area contributed by atoms with Gasteiger partial charge in [0.1, 0.15) is 0 Å². The Morgan fingerprint density at radius 3 is 2.36 bits per heavy atom. The van der Waals surface area contributed by atoms with Gasteiger partial charge in [-0.05, 0) is 56.1 Å². The van der Waals surface area contributed by atoms with Gasteiger partial charge in [0.05, 0.1) is 12.7 Å². The van der Waals surface area contributed by atoms with Crippen molar-refractivity contribution in [3.05, 3.63) is 70.8 Å². The van der Waals surface area contributed by atoms with E-state index < -0.39 is 0 Å². The van der Waals surface area contributed by atoms with Gasteiger partial charge in [-0.3, -0.25) is 0 Å². The van der Waals surface area contributed by atoms with E-state index in [1.54, 1.807) is 0 Å². The highest BCUT2D eigenvalue weighted by Gasteiger charge is 2.28. The monoisotopic (exact) mass is 337 g/mol. The van der Waals surface area contributed by atoms with E-state index in [0.717, 1.165) is 13.2 Å². The standard InChI is InChI=1S/C23H31NO/c1-18-10-4-5-12-20(18)17-25-23-15-9-8-14-22(23)21-13-7-6-11-19(21)16-24(2)3/h4-7,10-13,22-23H,8-9,14-17H2,1-3H3. The number of benzene rings is 2. The summed E-state index contributed by atoms with van der Waals surface area (Å²) >= 11 is 0. The number of rotatable bonds is 6. The molecule has 2 heteroatoms. The molecule has 1 saturated carbocycles. The molecule has 0 radical (unpaired) electrons. The fraction of sp³-hybridized carbons (Fsp3) is 0.478. The van der Waals surface area contributed by atoms with Crippen molar-refractivity contribution >= 4 is 0 Å². The van der Waals surface area contributed by atoms with Crippen LogP contribution < -0.4 is 0 Å². The van der Waals surface area contributed by atoms with Crippen LogP contribution in [0.3, 0.4) is 0 Å². The number of ether oxygens (including phenoxy) is 1. The predicted molar refractivity (Wildman–Crippen MR) is 105 cm³/mol. The number of hydrogen-bond donors (Lipinski definition) is 0. The SMILES string of the molecule is Cc1ccccc1COC1CCCCC1c1ccccc1CN(C)C. The Bertz CT molecular complexity index is 679. The molecule has 1 aliphatic rings. The maximum absolute atomic E-state index is 6.46. The first-order valence-corrected chi connectivity index (χ1v) is 9.54. The number of nitrogens with zero attached hydrogens (tertiary/aromatic N) is 1. The van der Waals surface area contributed by atoms with Gasteiger partial charge in [0.25, 0.3) is 0 Å². The van der Waals surface area contributed by atoms with Gasteiger partial charge in [-0.15, -0.1) is 0 Å². The average molecular weight is 338 g/mol. The summed E-state index contributed by atoms with van der Waals surface area (Å²) in [6.45, 7) is 3.89. The second kappa shape index (κ2) is 8.64. The van der Waals surface area contributed by atoms with Crippen molar-refractivity contribution in [1.82, 2.24) is 4.90 Å². The highest BCUT2D eigenvalue weighted by Crippen LogP contribution is 2.37. The maximum atomic E-state index is 6.46. The van der Waals surface area contributed by atoms with Crippen molar-refractivity contribution in [3.8, 4) is 0 Å². The molecule has 0 heterocycles. The summed E-state index contributed by atoms with van der Waals surface area (Å²) in [6, 6.07) is 17.5. The summed E-state index contributed by atoms with van der Waals surface area (Å²) in [5, 5.41) is 0. The minimum absolute atomic E-state index is 0.330. The van der Waals surface area contributed by atoms with E-state index in [0.29, 0.717) is 12.0 Å². The van der Waals surface area contributed by atoms with Gasteiger partial charge in [0.15, 0.2) is 0 Å². The van der Waals surface area contributed by atoms with Crippen LogP contribution >= 0.6 is 0 Å². The largest absolute Gasteiger partial charge is 0.373 e. The lowest BCUT2D eigenvalue weighted by atomic mass is 9.79. The van der Waals surface area contributed by atoms with Crippen LogP contribution in [-0.2, 0) is 17.9 Å². The minimum atomic E-state index is 0.330. The zero-order valence-corrected chi connectivity index (χ0v) is 15.9. The van der Waals surface area contributed by atoms with Crippen LogP contribution in [-0.4, -0.2) is 25.1 Å². The van der Waals surface area contributed by atoms with Crippen LogP contribution in [0.2, 0.25) is 0 Å². The van der Waals surface area contributed by atoms with Crippen molar-refractivity contribution in [2.45, 2.75) is 57.8 Å². The fourth-order valence-electron chi connectivity index (χ4n) is 4.00. The first-order valence-electron chi connectivity index (χ1n) is 9.54. The van der Waals surface area contributed by atoms with Gasteiger partial charge in [-0.1, -0.05) is 61.4 Å². The van der Waals surface area contributed by atoms with Crippen molar-refractivity contribution in [2.75, 3.05) is 14.1 Å². The molecule has 0 saturated heterocycles. The van der Waals surface area contributed by atoms with Gasteiger partial charge in [0, 0.05) is 12.5 Å². The van der Waals surface area contributed by atoms with Crippen molar-refractivity contribution in [1.29, 1.82) is 0 Å². The molecule has 2 aromatic rings. The molecule has 2 nitrogen and oxygen atoms in total. The Balaban J connectivity index is 1.76. The normalized spacial score (nSPS) is 20.8. The fourth-order valence-corrected chi connectivity index (χ4v) is 4.00. The molecule has 25 heavy (non-hydrogen) atoms. The van der Waals surface area contributed by atoms with Crippen LogP contribution in [0.4, 0.5) is 0 Å². The van der Waals surface area contributed by atoms with E-state index in [4.69, 9.17) is 4.74 Å². The van der Waals surface area contributed by atoms with Gasteiger partial charge >= 0.3 is 0 Å². The van der Waals surface area contributed by atoms with Gasteiger partial charge in [-0.2, -0.15) is 0 Å². The van der Waals surface area contributed by atoms with E-state index in [1.807, 2.05) is 0 Å².